The Hall–Kier alpha value is -2.71. The quantitative estimate of drug-likeness (QED) is 0.690. The van der Waals surface area contributed by atoms with Gasteiger partial charge < -0.3 is 4.74 Å². The van der Waals surface area contributed by atoms with Gasteiger partial charge in [-0.05, 0) is 36.4 Å². The minimum atomic E-state index is -4.45. The number of nitrogens with two attached hydrogens (primary N) is 1. The number of sulfonamides is 2. The van der Waals surface area contributed by atoms with E-state index in [0.29, 0.717) is 5.56 Å². The summed E-state index contributed by atoms with van der Waals surface area (Å²) >= 11 is 0. The van der Waals surface area contributed by atoms with E-state index >= 15 is 0 Å². The van der Waals surface area contributed by atoms with Crippen LogP contribution in [0.1, 0.15) is 15.9 Å². The molecule has 3 N–H and O–H groups in total. The lowest BCUT2D eigenvalue weighted by atomic mass is 10.1. The van der Waals surface area contributed by atoms with Crippen molar-refractivity contribution in [1.29, 1.82) is 0 Å². The minimum absolute atomic E-state index is 0.0592. The van der Waals surface area contributed by atoms with Crippen LogP contribution in [0.15, 0.2) is 58.3 Å². The fourth-order valence-corrected chi connectivity index (χ4v) is 4.42. The van der Waals surface area contributed by atoms with E-state index in [-0.39, 0.29) is 12.2 Å². The Bertz CT molecular complexity index is 1110. The highest BCUT2D eigenvalue weighted by molar-refractivity contribution is 7.92. The van der Waals surface area contributed by atoms with E-state index in [1.54, 1.807) is 12.1 Å². The first-order chi connectivity index (χ1) is 12.6. The molecule has 142 valence electrons. The highest BCUT2D eigenvalue weighted by Gasteiger charge is 2.26. The first-order valence-electron chi connectivity index (χ1n) is 7.42. The number of amides is 1. The van der Waals surface area contributed by atoms with E-state index in [0.717, 1.165) is 12.1 Å². The van der Waals surface area contributed by atoms with Gasteiger partial charge in [0.15, 0.2) is 0 Å². The van der Waals surface area contributed by atoms with Gasteiger partial charge in [0.1, 0.15) is 16.4 Å². The van der Waals surface area contributed by atoms with Crippen LogP contribution in [0.25, 0.3) is 0 Å². The van der Waals surface area contributed by atoms with Gasteiger partial charge in [0.25, 0.3) is 15.9 Å². The zero-order valence-electron chi connectivity index (χ0n) is 14.2. The van der Waals surface area contributed by atoms with Gasteiger partial charge in [-0.2, -0.15) is 0 Å². The molecule has 0 atom stereocenters. The Kier molecular flexibility index (Phi) is 6.35. The first kappa shape index (κ1) is 20.6. The predicted octanol–water partition coefficient (Wildman–Crippen LogP) is 0.451. The fourth-order valence-electron chi connectivity index (χ4n) is 2.06. The molecule has 8 nitrogen and oxygen atoms in total. The van der Waals surface area contributed by atoms with Crippen LogP contribution in [0.3, 0.4) is 0 Å². The highest BCUT2D eigenvalue weighted by Crippen LogP contribution is 2.19. The third-order valence-electron chi connectivity index (χ3n) is 3.27. The molecule has 0 aliphatic heterocycles. The fraction of sp³-hybridized carbons (Fsp3) is 0.118. The molecule has 1 amide bonds. The van der Waals surface area contributed by atoms with Crippen molar-refractivity contribution in [3.8, 4) is 11.8 Å². The molecule has 2 rings (SSSR count). The summed E-state index contributed by atoms with van der Waals surface area (Å²) in [5.74, 6) is 4.63. The number of carbonyl (C=O) groups excluding carboxylic acids is 1. The number of hydrogen-bond acceptors (Lipinski definition) is 6. The molecule has 27 heavy (non-hydrogen) atoms. The van der Waals surface area contributed by atoms with E-state index in [4.69, 9.17) is 9.88 Å². The number of benzene rings is 2. The molecule has 0 aliphatic rings. The summed E-state index contributed by atoms with van der Waals surface area (Å²) < 4.78 is 54.7. The van der Waals surface area contributed by atoms with Crippen LogP contribution >= 0.6 is 0 Å². The Morgan fingerprint density at radius 2 is 1.63 bits per heavy atom. The van der Waals surface area contributed by atoms with Gasteiger partial charge in [0, 0.05) is 18.2 Å². The van der Waals surface area contributed by atoms with Crippen LogP contribution in [-0.4, -0.2) is 36.5 Å². The second kappa shape index (κ2) is 8.32. The lowest BCUT2D eigenvalue weighted by molar-refractivity contribution is 0.0981. The van der Waals surface area contributed by atoms with Gasteiger partial charge in [0.2, 0.25) is 10.0 Å². The zero-order valence-corrected chi connectivity index (χ0v) is 15.8. The number of primary sulfonamides is 1. The van der Waals surface area contributed by atoms with E-state index in [2.05, 4.69) is 11.8 Å². The van der Waals surface area contributed by atoms with Crippen molar-refractivity contribution in [2.45, 2.75) is 9.79 Å². The van der Waals surface area contributed by atoms with Gasteiger partial charge in [-0.15, -0.1) is 0 Å². The predicted molar refractivity (Wildman–Crippen MR) is 97.7 cm³/mol. The van der Waals surface area contributed by atoms with Crippen LogP contribution in [0.4, 0.5) is 0 Å². The van der Waals surface area contributed by atoms with E-state index in [1.165, 1.54) is 31.4 Å². The van der Waals surface area contributed by atoms with Crippen LogP contribution < -0.4 is 9.86 Å². The monoisotopic (exact) mass is 408 g/mol. The maximum atomic E-state index is 12.4. The Morgan fingerprint density at radius 1 is 1.04 bits per heavy atom. The molecule has 10 heteroatoms. The molecule has 0 saturated carbocycles. The number of hydrogen-bond donors (Lipinski definition) is 2. The summed E-state index contributed by atoms with van der Waals surface area (Å²) in [6, 6.07) is 10.6. The largest absolute Gasteiger partial charge is 0.372 e. The molecule has 0 saturated heterocycles. The molecule has 2 aromatic rings. The number of nitrogens with one attached hydrogen (secondary N) is 1. The van der Waals surface area contributed by atoms with E-state index in [1.807, 2.05) is 4.72 Å². The van der Waals surface area contributed by atoms with Gasteiger partial charge in [-0.1, -0.05) is 24.0 Å². The van der Waals surface area contributed by atoms with Crippen molar-refractivity contribution in [2.24, 2.45) is 5.14 Å². The van der Waals surface area contributed by atoms with Crippen molar-refractivity contribution in [1.82, 2.24) is 4.72 Å². The van der Waals surface area contributed by atoms with Gasteiger partial charge in [0.05, 0.1) is 0 Å². The second-order valence-electron chi connectivity index (χ2n) is 5.24. The number of carbonyl (C=O) groups is 1. The van der Waals surface area contributed by atoms with Gasteiger partial charge in [-0.3, -0.25) is 4.79 Å². The number of ether oxygens (including phenoxy) is 1. The first-order valence-corrected chi connectivity index (χ1v) is 10.4. The molecular formula is C17H16N2O6S2. The Balaban J connectivity index is 2.27. The Morgan fingerprint density at radius 3 is 2.19 bits per heavy atom. The average molecular weight is 408 g/mol. The molecule has 0 bridgehead atoms. The molecule has 0 heterocycles. The molecule has 0 radical (unpaired) electrons. The van der Waals surface area contributed by atoms with Crippen LogP contribution in [-0.2, 0) is 24.8 Å². The zero-order chi connectivity index (χ0) is 20.1. The van der Waals surface area contributed by atoms with Crippen molar-refractivity contribution in [3.63, 3.8) is 0 Å². The smallest absolute Gasteiger partial charge is 0.265 e. The average Bonchev–Trinajstić information content (AvgIpc) is 2.61. The summed E-state index contributed by atoms with van der Waals surface area (Å²) in [5.41, 5.74) is 0.676. The van der Waals surface area contributed by atoms with Crippen LogP contribution in [0.5, 0.6) is 0 Å². The van der Waals surface area contributed by atoms with E-state index < -0.39 is 35.7 Å². The molecule has 0 aromatic heterocycles. The van der Waals surface area contributed by atoms with Gasteiger partial charge in [-0.25, -0.2) is 26.7 Å². The summed E-state index contributed by atoms with van der Waals surface area (Å²) in [5, 5.41) is 5.04. The number of methoxy groups -OCH3 is 1. The summed E-state index contributed by atoms with van der Waals surface area (Å²) in [6.07, 6.45) is 0. The topological polar surface area (TPSA) is 133 Å². The molecule has 0 fully saturated rings. The van der Waals surface area contributed by atoms with Gasteiger partial charge >= 0.3 is 0 Å². The van der Waals surface area contributed by atoms with Crippen molar-refractivity contribution >= 4 is 26.0 Å². The number of rotatable bonds is 5. The third kappa shape index (κ3) is 5.38. The van der Waals surface area contributed by atoms with Crippen molar-refractivity contribution in [3.05, 3.63) is 59.7 Å². The molecule has 0 aliphatic carbocycles. The van der Waals surface area contributed by atoms with Crippen molar-refractivity contribution in [2.75, 3.05) is 13.7 Å². The minimum Gasteiger partial charge on any atom is -0.372 e. The maximum Gasteiger partial charge on any atom is 0.265 e. The summed E-state index contributed by atoms with van der Waals surface area (Å²) in [7, 11) is -7.23. The van der Waals surface area contributed by atoms with Crippen molar-refractivity contribution < 1.29 is 26.4 Å². The standard InChI is InChI=1S/C17H16N2O6S2/c1-25-12-4-5-13-8-10-14(11-9-13)17(20)19-27(23,24)16-7-3-2-6-15(16)26(18,21)22/h2-3,6-11H,12H2,1H3,(H,19,20)(H2,18,21,22). The molecule has 2 aromatic carbocycles. The third-order valence-corrected chi connectivity index (χ3v) is 5.76. The second-order valence-corrected chi connectivity index (χ2v) is 8.42. The highest BCUT2D eigenvalue weighted by atomic mass is 32.2. The normalized spacial score (nSPS) is 11.3. The maximum absolute atomic E-state index is 12.4. The Labute approximate surface area is 157 Å². The molecular weight excluding hydrogens is 392 g/mol. The molecule has 0 unspecified atom stereocenters. The summed E-state index contributed by atoms with van der Waals surface area (Å²) in [6.45, 7) is 0.254. The molecule has 0 spiro atoms. The van der Waals surface area contributed by atoms with E-state index in [9.17, 15) is 21.6 Å². The lowest BCUT2D eigenvalue weighted by Crippen LogP contribution is -2.32. The lowest BCUT2D eigenvalue weighted by Gasteiger charge is -2.10. The van der Waals surface area contributed by atoms with Crippen LogP contribution in [0.2, 0.25) is 0 Å². The SMILES string of the molecule is COCC#Cc1ccc(C(=O)NS(=O)(=O)c2ccccc2S(N)(=O)=O)cc1. The van der Waals surface area contributed by atoms with Crippen LogP contribution in [0, 0.1) is 11.8 Å². The summed E-state index contributed by atoms with van der Waals surface area (Å²) in [4.78, 5) is 11.0.